The molecule has 35 heavy (non-hydrogen) atoms. The number of piperidine rings is 1. The van der Waals surface area contributed by atoms with E-state index in [0.29, 0.717) is 25.2 Å². The van der Waals surface area contributed by atoms with Gasteiger partial charge in [-0.25, -0.2) is 9.59 Å². The average Bonchev–Trinajstić information content (AvgIpc) is 3.33. The van der Waals surface area contributed by atoms with Crippen LogP contribution in [0.25, 0.3) is 11.3 Å². The Morgan fingerprint density at radius 1 is 1.17 bits per heavy atom. The van der Waals surface area contributed by atoms with Crippen LogP contribution in [0.5, 0.6) is 0 Å². The van der Waals surface area contributed by atoms with E-state index in [2.05, 4.69) is 25.4 Å². The Morgan fingerprint density at radius 3 is 2.83 bits per heavy atom. The lowest BCUT2D eigenvalue weighted by atomic mass is 10.0. The summed E-state index contributed by atoms with van der Waals surface area (Å²) in [5, 5.41) is 10.9. The van der Waals surface area contributed by atoms with Gasteiger partial charge in [0.25, 0.3) is 0 Å². The summed E-state index contributed by atoms with van der Waals surface area (Å²) in [5.41, 5.74) is 5.58. The second kappa shape index (κ2) is 10.3. The molecule has 0 spiro atoms. The Balaban J connectivity index is 1.21. The number of nitrogens with one attached hydrogen (secondary N) is 2. The summed E-state index contributed by atoms with van der Waals surface area (Å²) in [5.74, 6) is -0.322. The zero-order chi connectivity index (χ0) is 24.2. The van der Waals surface area contributed by atoms with Gasteiger partial charge in [0.2, 0.25) is 0 Å². The fourth-order valence-electron chi connectivity index (χ4n) is 5.01. The first-order chi connectivity index (χ1) is 17.1. The number of likely N-dealkylation sites (tertiary alicyclic amines) is 1. The molecule has 1 unspecified atom stereocenters. The van der Waals surface area contributed by atoms with Crippen molar-refractivity contribution in [3.05, 3.63) is 71.2 Å². The molecule has 0 saturated carbocycles. The highest BCUT2D eigenvalue weighted by molar-refractivity contribution is 5.90. The number of aromatic amines is 1. The predicted molar refractivity (Wildman–Crippen MR) is 131 cm³/mol. The number of urea groups is 1. The third-order valence-corrected chi connectivity index (χ3v) is 6.82. The Hall–Kier alpha value is -3.72. The zero-order valence-corrected chi connectivity index (χ0v) is 19.9. The molecular formula is C26H30N6O3. The highest BCUT2D eigenvalue weighted by Gasteiger charge is 2.28. The molecule has 182 valence electrons. The number of carbonyl (C=O) groups excluding carboxylic acids is 2. The van der Waals surface area contributed by atoms with Crippen molar-refractivity contribution >= 4 is 12.0 Å². The van der Waals surface area contributed by atoms with E-state index in [1.54, 1.807) is 18.5 Å². The summed E-state index contributed by atoms with van der Waals surface area (Å²) in [6.07, 6.45) is 6.18. The molecule has 2 aromatic heterocycles. The number of nitrogens with zero attached hydrogens (tertiary/aromatic N) is 4. The van der Waals surface area contributed by atoms with Crippen molar-refractivity contribution in [2.45, 2.75) is 38.4 Å². The fourth-order valence-corrected chi connectivity index (χ4v) is 5.01. The van der Waals surface area contributed by atoms with Gasteiger partial charge in [-0.15, -0.1) is 0 Å². The molecular weight excluding hydrogens is 444 g/mol. The second-order valence-electron chi connectivity index (χ2n) is 9.11. The van der Waals surface area contributed by atoms with Crippen LogP contribution in [0, 0.1) is 0 Å². The standard InChI is InChI=1S/C26H30N6O3/c1-35-25(33)21-7-3-2-5-19(21)15-31-13-4-6-20(16-31)28-26(34)32-14-10-23-22(17-32)24(30-29-23)18-8-11-27-12-9-18/h2-3,5,7-9,11-12,20H,4,6,10,13-17H2,1H3,(H,28,34)(H,29,30). The van der Waals surface area contributed by atoms with Gasteiger partial charge in [0.1, 0.15) is 0 Å². The van der Waals surface area contributed by atoms with Crippen molar-refractivity contribution in [1.29, 1.82) is 0 Å². The number of benzene rings is 1. The van der Waals surface area contributed by atoms with E-state index in [-0.39, 0.29) is 18.0 Å². The van der Waals surface area contributed by atoms with Gasteiger partial charge in [0.15, 0.2) is 0 Å². The third kappa shape index (κ3) is 5.05. The lowest BCUT2D eigenvalue weighted by Gasteiger charge is -2.35. The molecule has 5 rings (SSSR count). The van der Waals surface area contributed by atoms with Crippen LogP contribution in [-0.2, 0) is 24.2 Å². The number of ether oxygens (including phenoxy) is 1. The number of carbonyl (C=O) groups is 2. The molecule has 9 nitrogen and oxygen atoms in total. The average molecular weight is 475 g/mol. The molecule has 0 aliphatic carbocycles. The maximum Gasteiger partial charge on any atom is 0.338 e. The van der Waals surface area contributed by atoms with Gasteiger partial charge < -0.3 is 15.0 Å². The number of hydrogen-bond donors (Lipinski definition) is 2. The number of amides is 2. The summed E-state index contributed by atoms with van der Waals surface area (Å²) in [6.45, 7) is 3.50. The van der Waals surface area contributed by atoms with Gasteiger partial charge in [-0.2, -0.15) is 5.10 Å². The van der Waals surface area contributed by atoms with Crippen LogP contribution >= 0.6 is 0 Å². The van der Waals surface area contributed by atoms with Crippen LogP contribution in [0.15, 0.2) is 48.8 Å². The minimum Gasteiger partial charge on any atom is -0.465 e. The third-order valence-electron chi connectivity index (χ3n) is 6.82. The highest BCUT2D eigenvalue weighted by Crippen LogP contribution is 2.28. The fraction of sp³-hybridized carbons (Fsp3) is 0.385. The van der Waals surface area contributed by atoms with Gasteiger partial charge in [-0.3, -0.25) is 15.0 Å². The van der Waals surface area contributed by atoms with E-state index in [1.165, 1.54) is 7.11 Å². The molecule has 4 heterocycles. The predicted octanol–water partition coefficient (Wildman–Crippen LogP) is 2.99. The van der Waals surface area contributed by atoms with Crippen molar-refractivity contribution in [2.24, 2.45) is 0 Å². The Bertz CT molecular complexity index is 1190. The summed E-state index contributed by atoms with van der Waals surface area (Å²) >= 11 is 0. The summed E-state index contributed by atoms with van der Waals surface area (Å²) in [6, 6.07) is 11.4. The molecule has 3 aromatic rings. The van der Waals surface area contributed by atoms with Gasteiger partial charge in [-0.1, -0.05) is 18.2 Å². The van der Waals surface area contributed by atoms with Crippen LogP contribution in [0.3, 0.4) is 0 Å². The van der Waals surface area contributed by atoms with Crippen LogP contribution in [0.1, 0.15) is 40.0 Å². The monoisotopic (exact) mass is 474 g/mol. The largest absolute Gasteiger partial charge is 0.465 e. The first-order valence-electron chi connectivity index (χ1n) is 12.0. The summed E-state index contributed by atoms with van der Waals surface area (Å²) < 4.78 is 4.93. The maximum atomic E-state index is 13.2. The molecule has 2 aliphatic heterocycles. The number of rotatable bonds is 5. The zero-order valence-electron chi connectivity index (χ0n) is 19.9. The topological polar surface area (TPSA) is 103 Å². The molecule has 2 N–H and O–H groups in total. The van der Waals surface area contributed by atoms with Gasteiger partial charge in [-0.05, 0) is 43.1 Å². The highest BCUT2D eigenvalue weighted by atomic mass is 16.5. The number of hydrogen-bond acceptors (Lipinski definition) is 6. The molecule has 1 atom stereocenters. The quantitative estimate of drug-likeness (QED) is 0.551. The first kappa shape index (κ1) is 23.0. The SMILES string of the molecule is COC(=O)c1ccccc1CN1CCCC(NC(=O)N2CCc3[nH]nc(-c4ccncc4)c3C2)C1. The van der Waals surface area contributed by atoms with Crippen LogP contribution in [0.2, 0.25) is 0 Å². The van der Waals surface area contributed by atoms with E-state index >= 15 is 0 Å². The van der Waals surface area contributed by atoms with Crippen molar-refractivity contribution in [3.63, 3.8) is 0 Å². The number of fused-ring (bicyclic) bond motifs is 1. The molecule has 0 radical (unpaired) electrons. The van der Waals surface area contributed by atoms with E-state index in [4.69, 9.17) is 4.74 Å². The molecule has 0 bridgehead atoms. The second-order valence-corrected chi connectivity index (χ2v) is 9.11. The normalized spacial score (nSPS) is 18.1. The van der Waals surface area contributed by atoms with Crippen molar-refractivity contribution < 1.29 is 14.3 Å². The summed E-state index contributed by atoms with van der Waals surface area (Å²) in [7, 11) is 1.40. The minimum atomic E-state index is -0.322. The minimum absolute atomic E-state index is 0.0423. The Morgan fingerprint density at radius 2 is 2.00 bits per heavy atom. The molecule has 1 fully saturated rings. The number of esters is 1. The summed E-state index contributed by atoms with van der Waals surface area (Å²) in [4.78, 5) is 33.6. The lowest BCUT2D eigenvalue weighted by molar-refractivity contribution is 0.0597. The van der Waals surface area contributed by atoms with Gasteiger partial charge >= 0.3 is 12.0 Å². The lowest BCUT2D eigenvalue weighted by Crippen LogP contribution is -2.52. The molecule has 1 aromatic carbocycles. The van der Waals surface area contributed by atoms with E-state index in [0.717, 1.165) is 60.4 Å². The number of methoxy groups -OCH3 is 1. The van der Waals surface area contributed by atoms with E-state index < -0.39 is 0 Å². The first-order valence-corrected chi connectivity index (χ1v) is 12.0. The smallest absolute Gasteiger partial charge is 0.338 e. The number of aromatic nitrogens is 3. The Kier molecular flexibility index (Phi) is 6.76. The van der Waals surface area contributed by atoms with Crippen LogP contribution in [-0.4, -0.2) is 69.8 Å². The molecule has 9 heteroatoms. The van der Waals surface area contributed by atoms with Gasteiger partial charge in [0.05, 0.1) is 24.9 Å². The van der Waals surface area contributed by atoms with Crippen molar-refractivity contribution in [2.75, 3.05) is 26.7 Å². The molecule has 2 amide bonds. The van der Waals surface area contributed by atoms with Crippen molar-refractivity contribution in [1.82, 2.24) is 30.3 Å². The van der Waals surface area contributed by atoms with Gasteiger partial charge in [0, 0.05) is 61.3 Å². The van der Waals surface area contributed by atoms with Crippen LogP contribution < -0.4 is 5.32 Å². The number of H-pyrrole nitrogens is 1. The van der Waals surface area contributed by atoms with Crippen molar-refractivity contribution in [3.8, 4) is 11.3 Å². The van der Waals surface area contributed by atoms with E-state index in [1.807, 2.05) is 35.2 Å². The van der Waals surface area contributed by atoms with E-state index in [9.17, 15) is 9.59 Å². The molecule has 1 saturated heterocycles. The Labute approximate surface area is 204 Å². The molecule has 2 aliphatic rings. The maximum absolute atomic E-state index is 13.2. The van der Waals surface area contributed by atoms with Crippen LogP contribution in [0.4, 0.5) is 4.79 Å². The number of pyridine rings is 1.